The van der Waals surface area contributed by atoms with Crippen LogP contribution in [-0.2, 0) is 14.8 Å². The maximum atomic E-state index is 12.9. The van der Waals surface area contributed by atoms with Crippen molar-refractivity contribution in [1.29, 1.82) is 0 Å². The molecule has 29 heavy (non-hydrogen) atoms. The number of sulfonamides is 1. The Hall–Kier alpha value is -3.27. The van der Waals surface area contributed by atoms with Gasteiger partial charge in [-0.2, -0.15) is 0 Å². The summed E-state index contributed by atoms with van der Waals surface area (Å²) < 4.78 is 36.8. The predicted octanol–water partition coefficient (Wildman–Crippen LogP) is 2.43. The van der Waals surface area contributed by atoms with Gasteiger partial charge in [0.15, 0.2) is 11.5 Å². The Morgan fingerprint density at radius 2 is 1.59 bits per heavy atom. The summed E-state index contributed by atoms with van der Waals surface area (Å²) in [5, 5.41) is 5.28. The highest BCUT2D eigenvalue weighted by molar-refractivity contribution is 7.92. The monoisotopic (exact) mass is 419 g/mol. The van der Waals surface area contributed by atoms with E-state index in [-0.39, 0.29) is 17.2 Å². The van der Waals surface area contributed by atoms with E-state index in [0.717, 1.165) is 12.7 Å². The van der Waals surface area contributed by atoms with Crippen LogP contribution in [0, 0.1) is 0 Å². The molecule has 0 bridgehead atoms. The van der Waals surface area contributed by atoms with Crippen LogP contribution in [0.3, 0.4) is 0 Å². The molecule has 3 rings (SSSR count). The summed E-state index contributed by atoms with van der Waals surface area (Å²) in [4.78, 5) is 24.2. The van der Waals surface area contributed by atoms with Crippen LogP contribution < -0.4 is 24.8 Å². The van der Waals surface area contributed by atoms with Crippen molar-refractivity contribution in [2.75, 3.05) is 34.8 Å². The van der Waals surface area contributed by atoms with E-state index in [1.165, 1.54) is 25.1 Å². The minimum absolute atomic E-state index is 0.0498. The quantitative estimate of drug-likeness (QED) is 0.684. The molecular weight excluding hydrogens is 398 g/mol. The average molecular weight is 419 g/mol. The molecule has 0 atom stereocenters. The van der Waals surface area contributed by atoms with Crippen LogP contribution >= 0.6 is 0 Å². The van der Waals surface area contributed by atoms with Gasteiger partial charge in [-0.15, -0.1) is 0 Å². The first kappa shape index (κ1) is 20.5. The lowest BCUT2D eigenvalue weighted by atomic mass is 10.1. The van der Waals surface area contributed by atoms with Crippen molar-refractivity contribution in [3.63, 3.8) is 0 Å². The molecule has 0 radical (unpaired) electrons. The van der Waals surface area contributed by atoms with E-state index in [2.05, 4.69) is 15.4 Å². The molecule has 3 N–H and O–H groups in total. The van der Waals surface area contributed by atoms with Crippen LogP contribution in [-0.4, -0.2) is 39.7 Å². The van der Waals surface area contributed by atoms with Gasteiger partial charge in [-0.25, -0.2) is 8.42 Å². The number of carbonyl (C=O) groups excluding carboxylic acids is 2. The molecule has 0 saturated carbocycles. The van der Waals surface area contributed by atoms with Crippen molar-refractivity contribution < 1.29 is 27.5 Å². The number of hydrogen-bond acceptors (Lipinski definition) is 6. The fourth-order valence-electron chi connectivity index (χ4n) is 2.74. The number of carbonyl (C=O) groups is 2. The van der Waals surface area contributed by atoms with E-state index in [1.54, 1.807) is 18.2 Å². The first-order valence-electron chi connectivity index (χ1n) is 8.82. The zero-order valence-electron chi connectivity index (χ0n) is 15.9. The zero-order chi connectivity index (χ0) is 21.0. The van der Waals surface area contributed by atoms with Gasteiger partial charge in [0.1, 0.15) is 0 Å². The van der Waals surface area contributed by atoms with Gasteiger partial charge in [0.2, 0.25) is 15.9 Å². The van der Waals surface area contributed by atoms with Crippen LogP contribution in [0.25, 0.3) is 0 Å². The Labute approximate surface area is 168 Å². The minimum Gasteiger partial charge on any atom is -0.490 e. The molecular formula is C19H21N3O6S. The summed E-state index contributed by atoms with van der Waals surface area (Å²) in [6, 6.07) is 9.30. The van der Waals surface area contributed by atoms with Gasteiger partial charge in [-0.3, -0.25) is 14.3 Å². The Morgan fingerprint density at radius 1 is 0.931 bits per heavy atom. The van der Waals surface area contributed by atoms with Crippen LogP contribution in [0.2, 0.25) is 0 Å². The molecule has 0 saturated heterocycles. The SMILES string of the molecule is CC(=O)Nc1ccc(NS(C)(=O)=O)c(C(=O)Nc2ccc3c(c2)OCCCO3)c1. The van der Waals surface area contributed by atoms with Gasteiger partial charge >= 0.3 is 0 Å². The highest BCUT2D eigenvalue weighted by atomic mass is 32.2. The van der Waals surface area contributed by atoms with Gasteiger partial charge in [0.05, 0.1) is 30.7 Å². The van der Waals surface area contributed by atoms with E-state index in [9.17, 15) is 18.0 Å². The molecule has 2 aromatic carbocycles. The molecule has 1 aliphatic rings. The molecule has 10 heteroatoms. The Morgan fingerprint density at radius 3 is 2.28 bits per heavy atom. The molecule has 0 unspecified atom stereocenters. The van der Waals surface area contributed by atoms with Crippen molar-refractivity contribution in [2.24, 2.45) is 0 Å². The molecule has 2 amide bonds. The van der Waals surface area contributed by atoms with E-state index in [4.69, 9.17) is 9.47 Å². The van der Waals surface area contributed by atoms with Gasteiger partial charge in [-0.1, -0.05) is 0 Å². The van der Waals surface area contributed by atoms with Gasteiger partial charge in [-0.05, 0) is 30.3 Å². The maximum absolute atomic E-state index is 12.9. The van der Waals surface area contributed by atoms with Crippen LogP contribution in [0.1, 0.15) is 23.7 Å². The third-order valence-corrected chi connectivity index (χ3v) is 4.48. The number of fused-ring (bicyclic) bond motifs is 1. The van der Waals surface area contributed by atoms with Crippen molar-refractivity contribution in [2.45, 2.75) is 13.3 Å². The molecule has 0 spiro atoms. The fraction of sp³-hybridized carbons (Fsp3) is 0.263. The maximum Gasteiger partial charge on any atom is 0.257 e. The van der Waals surface area contributed by atoms with Crippen LogP contribution in [0.15, 0.2) is 36.4 Å². The van der Waals surface area contributed by atoms with E-state index >= 15 is 0 Å². The largest absolute Gasteiger partial charge is 0.490 e. The number of hydrogen-bond donors (Lipinski definition) is 3. The first-order valence-corrected chi connectivity index (χ1v) is 10.7. The van der Waals surface area contributed by atoms with E-state index in [1.807, 2.05) is 0 Å². The number of ether oxygens (including phenoxy) is 2. The lowest BCUT2D eigenvalue weighted by Gasteiger charge is -2.14. The summed E-state index contributed by atoms with van der Waals surface area (Å²) in [7, 11) is -3.61. The number of anilines is 3. The predicted molar refractivity (Wildman–Crippen MR) is 109 cm³/mol. The number of rotatable bonds is 5. The van der Waals surface area contributed by atoms with Crippen molar-refractivity contribution in [3.8, 4) is 11.5 Å². The molecule has 2 aromatic rings. The Kier molecular flexibility index (Phi) is 5.92. The second-order valence-corrected chi connectivity index (χ2v) is 8.23. The van der Waals surface area contributed by atoms with Gasteiger partial charge < -0.3 is 20.1 Å². The lowest BCUT2D eigenvalue weighted by Crippen LogP contribution is -2.18. The highest BCUT2D eigenvalue weighted by Crippen LogP contribution is 2.33. The number of nitrogens with one attached hydrogen (secondary N) is 3. The highest BCUT2D eigenvalue weighted by Gasteiger charge is 2.17. The van der Waals surface area contributed by atoms with Crippen molar-refractivity contribution in [3.05, 3.63) is 42.0 Å². The molecule has 154 valence electrons. The molecule has 1 aliphatic heterocycles. The smallest absolute Gasteiger partial charge is 0.257 e. The third-order valence-electron chi connectivity index (χ3n) is 3.89. The topological polar surface area (TPSA) is 123 Å². The van der Waals surface area contributed by atoms with Crippen molar-refractivity contribution >= 4 is 38.9 Å². The van der Waals surface area contributed by atoms with Gasteiger partial charge in [0.25, 0.3) is 5.91 Å². The summed E-state index contributed by atoms with van der Waals surface area (Å²) in [5.74, 6) is 0.232. The van der Waals surface area contributed by atoms with Crippen molar-refractivity contribution in [1.82, 2.24) is 0 Å². The zero-order valence-corrected chi connectivity index (χ0v) is 16.8. The Balaban J connectivity index is 1.90. The van der Waals surface area contributed by atoms with E-state index in [0.29, 0.717) is 36.1 Å². The average Bonchev–Trinajstić information content (AvgIpc) is 2.86. The third kappa shape index (κ3) is 5.61. The second-order valence-electron chi connectivity index (χ2n) is 6.48. The minimum atomic E-state index is -3.61. The molecule has 0 aromatic heterocycles. The van der Waals surface area contributed by atoms with Crippen LogP contribution in [0.4, 0.5) is 17.1 Å². The summed E-state index contributed by atoms with van der Waals surface area (Å²) in [5.41, 5.74) is 0.956. The second kappa shape index (κ2) is 8.39. The summed E-state index contributed by atoms with van der Waals surface area (Å²) in [6.45, 7) is 2.39. The van der Waals surface area contributed by atoms with E-state index < -0.39 is 15.9 Å². The van der Waals surface area contributed by atoms with Gasteiger partial charge in [0, 0.05) is 30.8 Å². The summed E-state index contributed by atoms with van der Waals surface area (Å²) in [6.07, 6.45) is 1.74. The molecule has 1 heterocycles. The number of amides is 2. The normalized spacial score (nSPS) is 13.2. The molecule has 0 aliphatic carbocycles. The Bertz CT molecular complexity index is 1050. The lowest BCUT2D eigenvalue weighted by molar-refractivity contribution is -0.114. The summed E-state index contributed by atoms with van der Waals surface area (Å²) >= 11 is 0. The fourth-order valence-corrected chi connectivity index (χ4v) is 3.32. The first-order chi connectivity index (χ1) is 13.7. The standard InChI is InChI=1S/C19H21N3O6S/c1-12(23)20-13-4-6-16(22-29(2,25)26)15(10-13)19(24)21-14-5-7-17-18(11-14)28-9-3-8-27-17/h4-7,10-11,22H,3,8-9H2,1-2H3,(H,20,23)(H,21,24). The van der Waals surface area contributed by atoms with Crippen LogP contribution in [0.5, 0.6) is 11.5 Å². The molecule has 0 fully saturated rings. The number of benzene rings is 2. The molecule has 9 nitrogen and oxygen atoms in total.